The monoisotopic (exact) mass is 246 g/mol. The zero-order chi connectivity index (χ0) is 13.2. The highest BCUT2D eigenvalue weighted by molar-refractivity contribution is 5.30. The van der Waals surface area contributed by atoms with E-state index in [1.807, 2.05) is 30.3 Å². The molecule has 2 aromatic carbocycles. The summed E-state index contributed by atoms with van der Waals surface area (Å²) in [5.74, 6) is 0.321. The average molecular weight is 246 g/mol. The SMILES string of the molecule is OCCO.Oc1ccc(Cc2ccccc2)cc1. The van der Waals surface area contributed by atoms with Crippen molar-refractivity contribution in [1.29, 1.82) is 0 Å². The number of hydrogen-bond donors (Lipinski definition) is 3. The van der Waals surface area contributed by atoms with Gasteiger partial charge in [0.25, 0.3) is 0 Å². The van der Waals surface area contributed by atoms with E-state index in [2.05, 4.69) is 12.1 Å². The lowest BCUT2D eigenvalue weighted by Crippen LogP contribution is -1.86. The van der Waals surface area contributed by atoms with Crippen molar-refractivity contribution in [3.8, 4) is 5.75 Å². The fourth-order valence-electron chi connectivity index (χ4n) is 1.45. The van der Waals surface area contributed by atoms with Crippen molar-refractivity contribution in [2.24, 2.45) is 0 Å². The first-order chi connectivity index (χ1) is 8.76. The number of phenols is 1. The second-order valence-corrected chi connectivity index (χ2v) is 3.78. The Labute approximate surface area is 107 Å². The minimum absolute atomic E-state index is 0.125. The maximum absolute atomic E-state index is 9.12. The van der Waals surface area contributed by atoms with Crippen LogP contribution in [0.2, 0.25) is 0 Å². The number of phenolic OH excluding ortho intramolecular Hbond substituents is 1. The van der Waals surface area contributed by atoms with Gasteiger partial charge in [0.2, 0.25) is 0 Å². The summed E-state index contributed by atoms with van der Waals surface area (Å²) in [4.78, 5) is 0. The van der Waals surface area contributed by atoms with Gasteiger partial charge in [-0.1, -0.05) is 42.5 Å². The third-order valence-electron chi connectivity index (χ3n) is 2.29. The third-order valence-corrected chi connectivity index (χ3v) is 2.29. The Morgan fingerprint density at radius 3 is 1.67 bits per heavy atom. The number of hydrogen-bond acceptors (Lipinski definition) is 3. The van der Waals surface area contributed by atoms with E-state index in [-0.39, 0.29) is 13.2 Å². The van der Waals surface area contributed by atoms with Crippen LogP contribution in [-0.2, 0) is 6.42 Å². The van der Waals surface area contributed by atoms with Crippen LogP contribution in [0.5, 0.6) is 5.75 Å². The van der Waals surface area contributed by atoms with E-state index in [0.29, 0.717) is 5.75 Å². The Hall–Kier alpha value is -1.84. The summed E-state index contributed by atoms with van der Waals surface area (Å²) in [7, 11) is 0. The minimum atomic E-state index is -0.125. The van der Waals surface area contributed by atoms with E-state index < -0.39 is 0 Å². The average Bonchev–Trinajstić information content (AvgIpc) is 2.43. The molecule has 0 heterocycles. The molecule has 0 aromatic heterocycles. The van der Waals surface area contributed by atoms with Gasteiger partial charge in [0.05, 0.1) is 13.2 Å². The molecule has 0 unspecified atom stereocenters. The summed E-state index contributed by atoms with van der Waals surface area (Å²) in [6, 6.07) is 17.6. The molecule has 0 fully saturated rings. The Morgan fingerprint density at radius 1 is 0.667 bits per heavy atom. The first kappa shape index (κ1) is 14.2. The van der Waals surface area contributed by atoms with Gasteiger partial charge in [-0.25, -0.2) is 0 Å². The van der Waals surface area contributed by atoms with Crippen LogP contribution in [0.4, 0.5) is 0 Å². The van der Waals surface area contributed by atoms with E-state index >= 15 is 0 Å². The highest BCUT2D eigenvalue weighted by atomic mass is 16.3. The van der Waals surface area contributed by atoms with Gasteiger partial charge in [-0.3, -0.25) is 0 Å². The standard InChI is InChI=1S/C13H12O.C2H6O2/c14-13-8-6-12(7-9-13)10-11-4-2-1-3-5-11;3-1-2-4/h1-9,14H,10H2;3-4H,1-2H2. The lowest BCUT2D eigenvalue weighted by atomic mass is 10.1. The van der Waals surface area contributed by atoms with Crippen molar-refractivity contribution in [3.05, 3.63) is 65.7 Å². The van der Waals surface area contributed by atoms with Crippen LogP contribution in [0.3, 0.4) is 0 Å². The molecule has 0 spiro atoms. The van der Waals surface area contributed by atoms with Gasteiger partial charge < -0.3 is 15.3 Å². The summed E-state index contributed by atoms with van der Waals surface area (Å²) in [6.45, 7) is -0.250. The molecule has 0 saturated carbocycles. The number of benzene rings is 2. The van der Waals surface area contributed by atoms with Crippen molar-refractivity contribution in [2.45, 2.75) is 6.42 Å². The lowest BCUT2D eigenvalue weighted by Gasteiger charge is -2.01. The van der Waals surface area contributed by atoms with Gasteiger partial charge in [-0.2, -0.15) is 0 Å². The Bertz CT molecular complexity index is 421. The van der Waals surface area contributed by atoms with Crippen molar-refractivity contribution >= 4 is 0 Å². The smallest absolute Gasteiger partial charge is 0.115 e. The zero-order valence-electron chi connectivity index (χ0n) is 10.2. The normalized spacial score (nSPS) is 9.44. The van der Waals surface area contributed by atoms with Crippen LogP contribution in [0.1, 0.15) is 11.1 Å². The molecule has 18 heavy (non-hydrogen) atoms. The topological polar surface area (TPSA) is 60.7 Å². The van der Waals surface area contributed by atoms with Gasteiger partial charge in [0.1, 0.15) is 5.75 Å². The molecule has 0 aliphatic rings. The lowest BCUT2D eigenvalue weighted by molar-refractivity contribution is 0.186. The molecular formula is C15H18O3. The molecule has 2 rings (SSSR count). The van der Waals surface area contributed by atoms with Crippen molar-refractivity contribution < 1.29 is 15.3 Å². The second-order valence-electron chi connectivity index (χ2n) is 3.78. The van der Waals surface area contributed by atoms with Crippen LogP contribution in [0.25, 0.3) is 0 Å². The van der Waals surface area contributed by atoms with Crippen LogP contribution in [-0.4, -0.2) is 28.5 Å². The second kappa shape index (κ2) is 8.28. The summed E-state index contributed by atoms with van der Waals surface area (Å²) < 4.78 is 0. The molecule has 0 aliphatic carbocycles. The molecule has 0 radical (unpaired) electrons. The Kier molecular flexibility index (Phi) is 6.54. The molecule has 0 saturated heterocycles. The number of rotatable bonds is 3. The van der Waals surface area contributed by atoms with Gasteiger partial charge in [0, 0.05) is 0 Å². The molecule has 2 aromatic rings. The molecule has 96 valence electrons. The van der Waals surface area contributed by atoms with Crippen LogP contribution in [0.15, 0.2) is 54.6 Å². The first-order valence-corrected chi connectivity index (χ1v) is 5.80. The molecule has 3 heteroatoms. The van der Waals surface area contributed by atoms with Crippen molar-refractivity contribution in [2.75, 3.05) is 13.2 Å². The van der Waals surface area contributed by atoms with Crippen LogP contribution in [0, 0.1) is 0 Å². The molecule has 0 aliphatic heterocycles. The van der Waals surface area contributed by atoms with Gasteiger partial charge >= 0.3 is 0 Å². The molecule has 0 amide bonds. The minimum Gasteiger partial charge on any atom is -0.508 e. The first-order valence-electron chi connectivity index (χ1n) is 5.80. The summed E-state index contributed by atoms with van der Waals surface area (Å²) in [5, 5.41) is 24.4. The summed E-state index contributed by atoms with van der Waals surface area (Å²) >= 11 is 0. The highest BCUT2D eigenvalue weighted by Gasteiger charge is 1.95. The molecule has 0 atom stereocenters. The fraction of sp³-hybridized carbons (Fsp3) is 0.200. The summed E-state index contributed by atoms with van der Waals surface area (Å²) in [6.07, 6.45) is 0.918. The van der Waals surface area contributed by atoms with Gasteiger partial charge in [0.15, 0.2) is 0 Å². The molecule has 3 nitrogen and oxygen atoms in total. The molecule has 0 bridgehead atoms. The number of aliphatic hydroxyl groups is 2. The van der Waals surface area contributed by atoms with Crippen LogP contribution < -0.4 is 0 Å². The fourth-order valence-corrected chi connectivity index (χ4v) is 1.45. The quantitative estimate of drug-likeness (QED) is 0.775. The maximum Gasteiger partial charge on any atom is 0.115 e. The Morgan fingerprint density at radius 2 is 1.17 bits per heavy atom. The summed E-state index contributed by atoms with van der Waals surface area (Å²) in [5.41, 5.74) is 2.51. The highest BCUT2D eigenvalue weighted by Crippen LogP contribution is 2.13. The van der Waals surface area contributed by atoms with Gasteiger partial charge in [-0.05, 0) is 29.7 Å². The zero-order valence-corrected chi connectivity index (χ0v) is 10.2. The number of aromatic hydroxyl groups is 1. The van der Waals surface area contributed by atoms with Crippen LogP contribution >= 0.6 is 0 Å². The van der Waals surface area contributed by atoms with Crippen molar-refractivity contribution in [3.63, 3.8) is 0 Å². The van der Waals surface area contributed by atoms with E-state index in [4.69, 9.17) is 15.3 Å². The third kappa shape index (κ3) is 5.48. The van der Waals surface area contributed by atoms with Crippen molar-refractivity contribution in [1.82, 2.24) is 0 Å². The van der Waals surface area contributed by atoms with E-state index in [9.17, 15) is 0 Å². The largest absolute Gasteiger partial charge is 0.508 e. The maximum atomic E-state index is 9.12. The van der Waals surface area contributed by atoms with E-state index in [1.54, 1.807) is 12.1 Å². The molecular weight excluding hydrogens is 228 g/mol. The predicted octanol–water partition coefficient (Wildman–Crippen LogP) is 1.95. The molecule has 3 N–H and O–H groups in total. The number of aliphatic hydroxyl groups excluding tert-OH is 2. The van der Waals surface area contributed by atoms with Gasteiger partial charge in [-0.15, -0.1) is 0 Å². The predicted molar refractivity (Wildman–Crippen MR) is 71.5 cm³/mol. The Balaban J connectivity index is 0.000000357. The van der Waals surface area contributed by atoms with E-state index in [1.165, 1.54) is 11.1 Å². The van der Waals surface area contributed by atoms with E-state index in [0.717, 1.165) is 6.42 Å².